The fourth-order valence-corrected chi connectivity index (χ4v) is 0. The van der Waals surface area contributed by atoms with Crippen molar-refractivity contribution in [1.82, 2.24) is 6.15 Å². The summed E-state index contributed by atoms with van der Waals surface area (Å²) in [6.45, 7) is 19.0. The van der Waals surface area contributed by atoms with Crippen LogP contribution in [-0.2, 0) is 22.4 Å². The first-order valence-electron chi connectivity index (χ1n) is 0.894. The third-order valence-corrected chi connectivity index (χ3v) is 0. The van der Waals surface area contributed by atoms with Gasteiger partial charge in [0.05, 0.1) is 0 Å². The Kier molecular flexibility index (Phi) is 1360. The summed E-state index contributed by atoms with van der Waals surface area (Å²) in [6, 6.07) is 0. The van der Waals surface area contributed by atoms with Crippen molar-refractivity contribution in [3.63, 3.8) is 0 Å². The molecule has 0 bridgehead atoms. The Morgan fingerprint density at radius 1 is 0.500 bits per heavy atom. The van der Waals surface area contributed by atoms with Gasteiger partial charge in [0.2, 0.25) is 0 Å². The smallest absolute Gasteiger partial charge is 0 e. The van der Waals surface area contributed by atoms with E-state index in [-0.39, 0.29) is 28.5 Å². The Labute approximate surface area is 76.2 Å². The van der Waals surface area contributed by atoms with Crippen molar-refractivity contribution in [1.29, 1.82) is 21.0 Å². The molecular formula is C4H3AuN5-4. The van der Waals surface area contributed by atoms with Crippen molar-refractivity contribution >= 4 is 0 Å². The van der Waals surface area contributed by atoms with Gasteiger partial charge in [0.15, 0.2) is 0 Å². The molecule has 0 rings (SSSR count). The van der Waals surface area contributed by atoms with Crippen LogP contribution in [0.25, 0.3) is 0 Å². The van der Waals surface area contributed by atoms with Gasteiger partial charge in [-0.05, 0) is 0 Å². The first kappa shape index (κ1) is 71.8. The van der Waals surface area contributed by atoms with Gasteiger partial charge < -0.3 is 53.5 Å². The molecule has 0 fully saturated rings. The predicted octanol–water partition coefficient (Wildman–Crippen LogP) is 0.545. The van der Waals surface area contributed by atoms with E-state index < -0.39 is 0 Å². The first-order valence-corrected chi connectivity index (χ1v) is 0.894. The van der Waals surface area contributed by atoms with Crippen molar-refractivity contribution in [3.05, 3.63) is 26.3 Å². The molecule has 5 nitrogen and oxygen atoms in total. The fourth-order valence-electron chi connectivity index (χ4n) is 0. The summed E-state index contributed by atoms with van der Waals surface area (Å²) in [5, 5.41) is 25.0. The van der Waals surface area contributed by atoms with Gasteiger partial charge in [-0.15, -0.1) is 0 Å². The first-order chi connectivity index (χ1) is 4.00. The summed E-state index contributed by atoms with van der Waals surface area (Å²) < 4.78 is 0. The van der Waals surface area contributed by atoms with Crippen LogP contribution in [-0.4, -0.2) is 0 Å². The monoisotopic (exact) mass is 318 g/mol. The molecule has 3 N–H and O–H groups in total. The summed E-state index contributed by atoms with van der Waals surface area (Å²) in [5.41, 5.74) is 0. The van der Waals surface area contributed by atoms with Gasteiger partial charge in [0.1, 0.15) is 0 Å². The molecule has 0 saturated heterocycles. The van der Waals surface area contributed by atoms with Gasteiger partial charge in [-0.25, -0.2) is 0 Å². The van der Waals surface area contributed by atoms with E-state index in [0.717, 1.165) is 0 Å². The van der Waals surface area contributed by atoms with Gasteiger partial charge in [0, 0.05) is 22.4 Å². The maximum atomic E-state index is 6.25. The summed E-state index contributed by atoms with van der Waals surface area (Å²) >= 11 is 0. The molecule has 0 atom stereocenters. The summed E-state index contributed by atoms with van der Waals surface area (Å²) in [7, 11) is 0. The van der Waals surface area contributed by atoms with Crippen LogP contribution in [0.15, 0.2) is 0 Å². The van der Waals surface area contributed by atoms with E-state index in [2.05, 4.69) is 0 Å². The predicted molar refractivity (Wildman–Crippen MR) is 24.9 cm³/mol. The molecule has 0 aromatic heterocycles. The molecule has 59 valence electrons. The molecule has 0 amide bonds. The number of rotatable bonds is 0. The fraction of sp³-hybridized carbons (Fsp3) is 0. The minimum absolute atomic E-state index is 0. The van der Waals surface area contributed by atoms with Gasteiger partial charge in [0.25, 0.3) is 0 Å². The van der Waals surface area contributed by atoms with Crippen molar-refractivity contribution in [2.75, 3.05) is 0 Å². The number of hydrogen-bond donors (Lipinski definition) is 1. The van der Waals surface area contributed by atoms with E-state index in [9.17, 15) is 0 Å². The summed E-state index contributed by atoms with van der Waals surface area (Å²) in [5.74, 6) is 0. The number of nitrogens with zero attached hydrogens (tertiary/aromatic N) is 4. The zero-order valence-electron chi connectivity index (χ0n) is 4.80. The van der Waals surface area contributed by atoms with Gasteiger partial charge >= 0.3 is 0 Å². The third-order valence-electron chi connectivity index (χ3n) is 0. The zero-order valence-corrected chi connectivity index (χ0v) is 6.96. The number of hydrogen-bond acceptors (Lipinski definition) is 5. The Morgan fingerprint density at radius 3 is 0.500 bits per heavy atom. The van der Waals surface area contributed by atoms with E-state index in [4.69, 9.17) is 47.3 Å². The van der Waals surface area contributed by atoms with E-state index >= 15 is 0 Å². The average Bonchev–Trinajstić information content (AvgIpc) is 2.03. The SMILES string of the molecule is N.[Au].[C-]#N.[C-]#N.[C-]#N.[C-]#N. The van der Waals surface area contributed by atoms with Gasteiger partial charge in [-0.1, -0.05) is 0 Å². The molecule has 0 aliphatic carbocycles. The molecule has 0 aliphatic heterocycles. The standard InChI is InChI=1S/4CN.Au.H3N/c4*1-2;;/h;;;;;1H3/q4*-1;;. The second-order valence-corrected chi connectivity index (χ2v) is 0. The molecule has 1 radical (unpaired) electrons. The quantitative estimate of drug-likeness (QED) is 0.514. The van der Waals surface area contributed by atoms with E-state index in [1.54, 1.807) is 0 Å². The van der Waals surface area contributed by atoms with E-state index in [0.29, 0.717) is 0 Å². The second kappa shape index (κ2) is 189. The third kappa shape index (κ3) is 119. The van der Waals surface area contributed by atoms with Crippen LogP contribution in [0, 0.1) is 47.3 Å². The van der Waals surface area contributed by atoms with Crippen molar-refractivity contribution in [2.45, 2.75) is 0 Å². The van der Waals surface area contributed by atoms with Gasteiger partial charge in [-0.2, -0.15) is 0 Å². The molecule has 0 unspecified atom stereocenters. The van der Waals surface area contributed by atoms with Crippen LogP contribution in [0.2, 0.25) is 0 Å². The van der Waals surface area contributed by atoms with Crippen molar-refractivity contribution in [2.24, 2.45) is 0 Å². The zero-order chi connectivity index (χ0) is 8.00. The van der Waals surface area contributed by atoms with Crippen LogP contribution in [0.5, 0.6) is 0 Å². The average molecular weight is 318 g/mol. The minimum Gasteiger partial charge on any atom is -0.512 e. The molecule has 0 aromatic rings. The van der Waals surface area contributed by atoms with E-state index in [1.165, 1.54) is 0 Å². The minimum atomic E-state index is 0. The second-order valence-electron chi connectivity index (χ2n) is 0. The van der Waals surface area contributed by atoms with Gasteiger partial charge in [-0.3, -0.25) is 0 Å². The maximum absolute atomic E-state index is 6.25. The van der Waals surface area contributed by atoms with Crippen LogP contribution >= 0.6 is 0 Å². The normalized spacial score (nSPS) is 0.800. The largest absolute Gasteiger partial charge is 0.512 e. The Morgan fingerprint density at radius 2 is 0.500 bits per heavy atom. The Hall–Kier alpha value is -1.34. The van der Waals surface area contributed by atoms with Crippen LogP contribution in [0.4, 0.5) is 0 Å². The summed E-state index contributed by atoms with van der Waals surface area (Å²) in [6.07, 6.45) is 0. The molecule has 6 heteroatoms. The molecular weight excluding hydrogens is 315 g/mol. The van der Waals surface area contributed by atoms with Crippen LogP contribution in [0.3, 0.4) is 0 Å². The molecule has 0 aliphatic rings. The molecule has 0 aromatic carbocycles. The molecule has 10 heavy (non-hydrogen) atoms. The topological polar surface area (TPSA) is 130 Å². The van der Waals surface area contributed by atoms with Crippen LogP contribution < -0.4 is 6.15 Å². The molecule has 0 spiro atoms. The Bertz CT molecular complexity index is 56.6. The van der Waals surface area contributed by atoms with Crippen LogP contribution in [0.1, 0.15) is 0 Å². The van der Waals surface area contributed by atoms with Crippen molar-refractivity contribution < 1.29 is 22.4 Å². The molecule has 0 heterocycles. The Balaban J connectivity index is -0.00000000500. The molecule has 0 saturated carbocycles. The maximum Gasteiger partial charge on any atom is 0 e. The van der Waals surface area contributed by atoms with Crippen molar-refractivity contribution in [3.8, 4) is 0 Å². The summed E-state index contributed by atoms with van der Waals surface area (Å²) in [4.78, 5) is 0. The van der Waals surface area contributed by atoms with E-state index in [1.807, 2.05) is 0 Å².